The zero-order valence-electron chi connectivity index (χ0n) is 12.5. The van der Waals surface area contributed by atoms with E-state index in [1.54, 1.807) is 0 Å². The van der Waals surface area contributed by atoms with Crippen LogP contribution in [0.5, 0.6) is 0 Å². The molecule has 3 saturated carbocycles. The standard InChI is InChI=1S/C18H26O2/c1-18-9-8-14-13-5-3-12(19)10-11(13)2-4-15(14)16(18)6-7-17(18)20/h10,13-17,20H,2-9H2,1H3/t13-,14+,15+,16-,17-,18+/m0/s1. The molecule has 0 radical (unpaired) electrons. The Hall–Kier alpha value is -0.630. The van der Waals surface area contributed by atoms with Gasteiger partial charge in [0, 0.05) is 6.42 Å². The minimum absolute atomic E-state index is 0.0710. The Bertz CT molecular complexity index is 466. The van der Waals surface area contributed by atoms with E-state index in [1.807, 2.05) is 6.08 Å². The molecule has 0 aromatic rings. The summed E-state index contributed by atoms with van der Waals surface area (Å²) in [5.74, 6) is 3.38. The summed E-state index contributed by atoms with van der Waals surface area (Å²) in [7, 11) is 0. The lowest BCUT2D eigenvalue weighted by Gasteiger charge is -2.53. The highest BCUT2D eigenvalue weighted by molar-refractivity contribution is 5.91. The molecule has 6 atom stereocenters. The number of carbonyl (C=O) groups is 1. The van der Waals surface area contributed by atoms with Crippen LogP contribution in [0.15, 0.2) is 11.6 Å². The molecule has 3 fully saturated rings. The molecule has 20 heavy (non-hydrogen) atoms. The molecule has 4 aliphatic rings. The molecule has 0 aromatic heterocycles. The van der Waals surface area contributed by atoms with Crippen molar-refractivity contribution >= 4 is 5.78 Å². The fourth-order valence-corrected chi connectivity index (χ4v) is 6.15. The number of rotatable bonds is 0. The summed E-state index contributed by atoms with van der Waals surface area (Å²) >= 11 is 0. The highest BCUT2D eigenvalue weighted by Gasteiger charge is 2.55. The van der Waals surface area contributed by atoms with Gasteiger partial charge in [-0.2, -0.15) is 0 Å². The van der Waals surface area contributed by atoms with Crippen LogP contribution in [0.3, 0.4) is 0 Å². The number of aliphatic hydroxyl groups is 1. The SMILES string of the molecule is C[C@@]12CC[C@H]3[C@@H](CCC4=CC(=O)CC[C@@H]43)[C@@H]1CC[C@@H]2O. The van der Waals surface area contributed by atoms with E-state index in [0.717, 1.165) is 43.4 Å². The zero-order chi connectivity index (χ0) is 13.9. The third-order valence-electron chi connectivity index (χ3n) is 7.25. The molecule has 0 saturated heterocycles. The lowest BCUT2D eigenvalue weighted by Crippen LogP contribution is -2.47. The molecule has 0 bridgehead atoms. The minimum atomic E-state index is -0.0710. The normalized spacial score (nSPS) is 51.0. The average molecular weight is 274 g/mol. The smallest absolute Gasteiger partial charge is 0.155 e. The van der Waals surface area contributed by atoms with Crippen molar-refractivity contribution in [2.24, 2.45) is 29.1 Å². The van der Waals surface area contributed by atoms with Gasteiger partial charge in [0.25, 0.3) is 0 Å². The van der Waals surface area contributed by atoms with Crippen molar-refractivity contribution in [2.45, 2.75) is 64.4 Å². The molecule has 4 aliphatic carbocycles. The summed E-state index contributed by atoms with van der Waals surface area (Å²) in [6, 6.07) is 0. The number of allylic oxidation sites excluding steroid dienone is 1. The molecule has 2 heteroatoms. The van der Waals surface area contributed by atoms with Crippen molar-refractivity contribution in [3.63, 3.8) is 0 Å². The summed E-state index contributed by atoms with van der Waals surface area (Å²) in [5.41, 5.74) is 1.65. The van der Waals surface area contributed by atoms with Crippen molar-refractivity contribution in [2.75, 3.05) is 0 Å². The first kappa shape index (κ1) is 13.1. The summed E-state index contributed by atoms with van der Waals surface area (Å²) in [6.07, 6.45) is 10.9. The largest absolute Gasteiger partial charge is 0.393 e. The fourth-order valence-electron chi connectivity index (χ4n) is 6.15. The lowest BCUT2D eigenvalue weighted by atomic mass is 9.52. The second kappa shape index (κ2) is 4.43. The van der Waals surface area contributed by atoms with Gasteiger partial charge in [-0.15, -0.1) is 0 Å². The van der Waals surface area contributed by atoms with E-state index in [4.69, 9.17) is 0 Å². The second-order valence-electron chi connectivity index (χ2n) is 7.94. The van der Waals surface area contributed by atoms with Gasteiger partial charge >= 0.3 is 0 Å². The van der Waals surface area contributed by atoms with Crippen LogP contribution in [-0.4, -0.2) is 17.0 Å². The van der Waals surface area contributed by atoms with Crippen molar-refractivity contribution in [1.82, 2.24) is 0 Å². The minimum Gasteiger partial charge on any atom is -0.393 e. The van der Waals surface area contributed by atoms with Crippen molar-refractivity contribution in [1.29, 1.82) is 0 Å². The van der Waals surface area contributed by atoms with Crippen LogP contribution >= 0.6 is 0 Å². The first-order chi connectivity index (χ1) is 9.59. The molecular weight excluding hydrogens is 248 g/mol. The number of aliphatic hydroxyl groups excluding tert-OH is 1. The molecule has 2 nitrogen and oxygen atoms in total. The first-order valence-electron chi connectivity index (χ1n) is 8.51. The van der Waals surface area contributed by atoms with Crippen molar-refractivity contribution in [3.05, 3.63) is 11.6 Å². The lowest BCUT2D eigenvalue weighted by molar-refractivity contribution is -0.116. The number of ketones is 1. The summed E-state index contributed by atoms with van der Waals surface area (Å²) in [5, 5.41) is 10.4. The maximum atomic E-state index is 11.6. The van der Waals surface area contributed by atoms with Gasteiger partial charge in [0.15, 0.2) is 5.78 Å². The van der Waals surface area contributed by atoms with Crippen LogP contribution in [0.1, 0.15) is 58.3 Å². The summed E-state index contributed by atoms with van der Waals surface area (Å²) < 4.78 is 0. The van der Waals surface area contributed by atoms with E-state index in [2.05, 4.69) is 6.92 Å². The van der Waals surface area contributed by atoms with E-state index in [9.17, 15) is 9.90 Å². The molecule has 0 amide bonds. The molecule has 1 N–H and O–H groups in total. The Morgan fingerprint density at radius 3 is 2.80 bits per heavy atom. The van der Waals surface area contributed by atoms with Gasteiger partial charge in [0.05, 0.1) is 6.10 Å². The molecular formula is C18H26O2. The summed E-state index contributed by atoms with van der Waals surface area (Å²) in [4.78, 5) is 11.6. The van der Waals surface area contributed by atoms with Gasteiger partial charge in [-0.05, 0) is 80.1 Å². The van der Waals surface area contributed by atoms with Gasteiger partial charge in [-0.3, -0.25) is 4.79 Å². The Kier molecular flexibility index (Phi) is 2.89. The predicted octanol–water partition coefficient (Wildman–Crippen LogP) is 3.49. The van der Waals surface area contributed by atoms with Crippen molar-refractivity contribution in [3.8, 4) is 0 Å². The number of fused-ring (bicyclic) bond motifs is 5. The van der Waals surface area contributed by atoms with Crippen LogP contribution in [0.25, 0.3) is 0 Å². The zero-order valence-corrected chi connectivity index (χ0v) is 12.5. The van der Waals surface area contributed by atoms with Gasteiger partial charge in [-0.25, -0.2) is 0 Å². The Balaban J connectivity index is 1.63. The topological polar surface area (TPSA) is 37.3 Å². The third kappa shape index (κ3) is 1.70. The Morgan fingerprint density at radius 2 is 1.95 bits per heavy atom. The molecule has 4 rings (SSSR count). The molecule has 110 valence electrons. The molecule has 0 aromatic carbocycles. The monoisotopic (exact) mass is 274 g/mol. The van der Waals surface area contributed by atoms with E-state index >= 15 is 0 Å². The van der Waals surface area contributed by atoms with E-state index in [-0.39, 0.29) is 11.5 Å². The highest BCUT2D eigenvalue weighted by Crippen LogP contribution is 2.61. The van der Waals surface area contributed by atoms with E-state index < -0.39 is 0 Å². The Morgan fingerprint density at radius 1 is 1.10 bits per heavy atom. The first-order valence-corrected chi connectivity index (χ1v) is 8.51. The maximum absolute atomic E-state index is 11.6. The Labute approximate surface area is 121 Å². The van der Waals surface area contributed by atoms with Crippen molar-refractivity contribution < 1.29 is 9.90 Å². The van der Waals surface area contributed by atoms with Crippen LogP contribution < -0.4 is 0 Å². The number of hydrogen-bond donors (Lipinski definition) is 1. The van der Waals surface area contributed by atoms with Crippen LogP contribution in [0, 0.1) is 29.1 Å². The van der Waals surface area contributed by atoms with E-state index in [1.165, 1.54) is 31.3 Å². The molecule has 0 aliphatic heterocycles. The van der Waals surface area contributed by atoms with Crippen LogP contribution in [0.2, 0.25) is 0 Å². The second-order valence-corrected chi connectivity index (χ2v) is 7.94. The van der Waals surface area contributed by atoms with Gasteiger partial charge in [-0.1, -0.05) is 12.5 Å². The third-order valence-corrected chi connectivity index (χ3v) is 7.25. The molecule has 0 spiro atoms. The predicted molar refractivity (Wildman–Crippen MR) is 78.1 cm³/mol. The van der Waals surface area contributed by atoms with E-state index in [0.29, 0.717) is 11.7 Å². The van der Waals surface area contributed by atoms with Crippen LogP contribution in [-0.2, 0) is 4.79 Å². The maximum Gasteiger partial charge on any atom is 0.155 e. The fraction of sp³-hybridized carbons (Fsp3) is 0.833. The quantitative estimate of drug-likeness (QED) is 0.734. The average Bonchev–Trinajstić information content (AvgIpc) is 2.74. The highest BCUT2D eigenvalue weighted by atomic mass is 16.3. The van der Waals surface area contributed by atoms with Gasteiger partial charge in [0.1, 0.15) is 0 Å². The summed E-state index contributed by atoms with van der Waals surface area (Å²) in [6.45, 7) is 2.33. The number of hydrogen-bond acceptors (Lipinski definition) is 2. The van der Waals surface area contributed by atoms with Crippen LogP contribution in [0.4, 0.5) is 0 Å². The molecule has 0 heterocycles. The van der Waals surface area contributed by atoms with Gasteiger partial charge in [0.2, 0.25) is 0 Å². The number of carbonyl (C=O) groups excluding carboxylic acids is 1. The van der Waals surface area contributed by atoms with Gasteiger partial charge < -0.3 is 5.11 Å². The molecule has 0 unspecified atom stereocenters.